The summed E-state index contributed by atoms with van der Waals surface area (Å²) >= 11 is 0. The lowest BCUT2D eigenvalue weighted by Crippen LogP contribution is -2.15. The third-order valence-electron chi connectivity index (χ3n) is 3.86. The molecule has 1 amide bonds. The molecule has 0 fully saturated rings. The molecule has 0 radical (unpaired) electrons. The Hall–Kier alpha value is -2.96. The maximum atomic E-state index is 12.5. The Kier molecular flexibility index (Phi) is 4.41. The number of carbonyl (C=O) groups excluding carboxylic acids is 1. The van der Waals surface area contributed by atoms with Gasteiger partial charge in [0.15, 0.2) is 0 Å². The monoisotopic (exact) mass is 324 g/mol. The van der Waals surface area contributed by atoms with Crippen LogP contribution in [0.25, 0.3) is 0 Å². The molecule has 124 valence electrons. The van der Waals surface area contributed by atoms with Crippen LogP contribution in [0.5, 0.6) is 0 Å². The van der Waals surface area contributed by atoms with Gasteiger partial charge in [-0.25, -0.2) is 9.67 Å². The lowest BCUT2D eigenvalue weighted by Gasteiger charge is -2.03. The summed E-state index contributed by atoms with van der Waals surface area (Å²) in [5.74, 6) is 0.0566. The van der Waals surface area contributed by atoms with Gasteiger partial charge in [-0.15, -0.1) is 5.10 Å². The Balaban J connectivity index is 1.73. The van der Waals surface area contributed by atoms with E-state index in [1.807, 2.05) is 55.8 Å². The Morgan fingerprint density at radius 2 is 1.92 bits per heavy atom. The van der Waals surface area contributed by atoms with Crippen LogP contribution in [-0.2, 0) is 13.1 Å². The first kappa shape index (κ1) is 15.9. The molecule has 3 rings (SSSR count). The fourth-order valence-electron chi connectivity index (χ4n) is 2.70. The molecule has 7 nitrogen and oxygen atoms in total. The van der Waals surface area contributed by atoms with E-state index < -0.39 is 0 Å². The summed E-state index contributed by atoms with van der Waals surface area (Å²) in [5, 5.41) is 11.4. The fraction of sp³-hybridized carbons (Fsp3) is 0.294. The molecule has 0 saturated carbocycles. The molecule has 1 N–H and O–H groups in total. The SMILES string of the molecule is CCn1nc(C)c(C(=O)Nc2ncn(Cc3ccccc3)n2)c1C. The number of anilines is 1. The van der Waals surface area contributed by atoms with Gasteiger partial charge >= 0.3 is 0 Å². The predicted molar refractivity (Wildman–Crippen MR) is 90.9 cm³/mol. The molecule has 0 aliphatic carbocycles. The first-order chi connectivity index (χ1) is 11.6. The zero-order valence-corrected chi connectivity index (χ0v) is 14.0. The summed E-state index contributed by atoms with van der Waals surface area (Å²) < 4.78 is 3.51. The summed E-state index contributed by atoms with van der Waals surface area (Å²) in [6.07, 6.45) is 1.61. The molecule has 0 unspecified atom stereocenters. The molecule has 0 aliphatic heterocycles. The summed E-state index contributed by atoms with van der Waals surface area (Å²) in [6, 6.07) is 9.97. The topological polar surface area (TPSA) is 77.6 Å². The van der Waals surface area contributed by atoms with Crippen molar-refractivity contribution in [1.82, 2.24) is 24.5 Å². The predicted octanol–water partition coefficient (Wildman–Crippen LogP) is 2.41. The van der Waals surface area contributed by atoms with Crippen LogP contribution >= 0.6 is 0 Å². The Labute approximate surface area is 140 Å². The third-order valence-corrected chi connectivity index (χ3v) is 3.86. The Morgan fingerprint density at radius 3 is 2.58 bits per heavy atom. The number of nitrogens with zero attached hydrogens (tertiary/aromatic N) is 5. The number of aromatic nitrogens is 5. The van der Waals surface area contributed by atoms with Crippen LogP contribution in [0.2, 0.25) is 0 Å². The molecule has 2 heterocycles. The van der Waals surface area contributed by atoms with Gasteiger partial charge in [0.25, 0.3) is 5.91 Å². The quantitative estimate of drug-likeness (QED) is 0.782. The average Bonchev–Trinajstić information content (AvgIpc) is 3.12. The normalized spacial score (nSPS) is 10.8. The second kappa shape index (κ2) is 6.66. The largest absolute Gasteiger partial charge is 0.289 e. The third kappa shape index (κ3) is 3.19. The van der Waals surface area contributed by atoms with Gasteiger partial charge < -0.3 is 0 Å². The van der Waals surface area contributed by atoms with Crippen LogP contribution < -0.4 is 5.32 Å². The molecule has 0 saturated heterocycles. The van der Waals surface area contributed by atoms with E-state index in [1.165, 1.54) is 0 Å². The summed E-state index contributed by atoms with van der Waals surface area (Å²) in [5.41, 5.74) is 3.25. The van der Waals surface area contributed by atoms with Crippen molar-refractivity contribution >= 4 is 11.9 Å². The van der Waals surface area contributed by atoms with Crippen molar-refractivity contribution in [3.8, 4) is 0 Å². The number of benzene rings is 1. The number of aryl methyl sites for hydroxylation is 2. The van der Waals surface area contributed by atoms with E-state index in [0.717, 1.165) is 17.8 Å². The first-order valence-corrected chi connectivity index (χ1v) is 7.87. The van der Waals surface area contributed by atoms with Crippen molar-refractivity contribution < 1.29 is 4.79 Å². The molecule has 2 aromatic heterocycles. The van der Waals surface area contributed by atoms with Crippen molar-refractivity contribution in [2.75, 3.05) is 5.32 Å². The highest BCUT2D eigenvalue weighted by atomic mass is 16.1. The number of nitrogens with one attached hydrogen (secondary N) is 1. The molecular weight excluding hydrogens is 304 g/mol. The standard InChI is InChI=1S/C17H20N6O/c1-4-23-13(3)15(12(2)20-23)16(24)19-17-18-11-22(21-17)10-14-8-6-5-7-9-14/h5-9,11H,4,10H2,1-3H3,(H,19,21,24). The summed E-state index contributed by atoms with van der Waals surface area (Å²) in [6.45, 7) is 7.04. The molecule has 3 aromatic rings. The van der Waals surface area contributed by atoms with Gasteiger partial charge in [-0.1, -0.05) is 30.3 Å². The molecule has 0 atom stereocenters. The molecule has 0 bridgehead atoms. The molecule has 1 aromatic carbocycles. The molecule has 7 heteroatoms. The Morgan fingerprint density at radius 1 is 1.17 bits per heavy atom. The van der Waals surface area contributed by atoms with Gasteiger partial charge in [0, 0.05) is 12.2 Å². The molecular formula is C17H20N6O. The lowest BCUT2D eigenvalue weighted by molar-refractivity contribution is 0.102. The van der Waals surface area contributed by atoms with E-state index in [4.69, 9.17) is 0 Å². The van der Waals surface area contributed by atoms with Gasteiger partial charge in [0.1, 0.15) is 6.33 Å². The van der Waals surface area contributed by atoms with Crippen molar-refractivity contribution in [3.05, 3.63) is 59.2 Å². The van der Waals surface area contributed by atoms with Gasteiger partial charge in [-0.2, -0.15) is 5.10 Å². The highest BCUT2D eigenvalue weighted by Gasteiger charge is 2.19. The highest BCUT2D eigenvalue weighted by molar-refractivity contribution is 6.04. The van der Waals surface area contributed by atoms with Gasteiger partial charge in [0.05, 0.1) is 17.8 Å². The second-order valence-electron chi connectivity index (χ2n) is 5.57. The fourth-order valence-corrected chi connectivity index (χ4v) is 2.70. The number of hydrogen-bond acceptors (Lipinski definition) is 4. The summed E-state index contributed by atoms with van der Waals surface area (Å²) in [7, 11) is 0. The Bertz CT molecular complexity index is 849. The highest BCUT2D eigenvalue weighted by Crippen LogP contribution is 2.14. The number of carbonyl (C=O) groups is 1. The molecule has 0 spiro atoms. The van der Waals surface area contributed by atoms with Crippen LogP contribution in [0.3, 0.4) is 0 Å². The smallest absolute Gasteiger partial charge is 0.261 e. The maximum absolute atomic E-state index is 12.5. The average molecular weight is 324 g/mol. The van der Waals surface area contributed by atoms with Gasteiger partial charge in [-0.05, 0) is 26.3 Å². The number of amides is 1. The molecule has 24 heavy (non-hydrogen) atoms. The minimum Gasteiger partial charge on any atom is -0.289 e. The van der Waals surface area contributed by atoms with E-state index in [1.54, 1.807) is 11.0 Å². The molecule has 0 aliphatic rings. The van der Waals surface area contributed by atoms with Crippen molar-refractivity contribution in [2.45, 2.75) is 33.9 Å². The zero-order chi connectivity index (χ0) is 17.1. The van der Waals surface area contributed by atoms with E-state index in [9.17, 15) is 4.79 Å². The summed E-state index contributed by atoms with van der Waals surface area (Å²) in [4.78, 5) is 16.7. The number of rotatable bonds is 5. The number of hydrogen-bond donors (Lipinski definition) is 1. The van der Waals surface area contributed by atoms with Crippen LogP contribution in [-0.4, -0.2) is 30.5 Å². The van der Waals surface area contributed by atoms with E-state index in [0.29, 0.717) is 23.8 Å². The van der Waals surface area contributed by atoms with E-state index >= 15 is 0 Å². The lowest BCUT2D eigenvalue weighted by atomic mass is 10.2. The zero-order valence-electron chi connectivity index (χ0n) is 14.0. The van der Waals surface area contributed by atoms with E-state index in [2.05, 4.69) is 20.5 Å². The van der Waals surface area contributed by atoms with Crippen molar-refractivity contribution in [3.63, 3.8) is 0 Å². The van der Waals surface area contributed by atoms with Crippen molar-refractivity contribution in [2.24, 2.45) is 0 Å². The van der Waals surface area contributed by atoms with Crippen LogP contribution in [0.1, 0.15) is 34.2 Å². The van der Waals surface area contributed by atoms with E-state index in [-0.39, 0.29) is 5.91 Å². The minimum atomic E-state index is -0.234. The van der Waals surface area contributed by atoms with Crippen molar-refractivity contribution in [1.29, 1.82) is 0 Å². The minimum absolute atomic E-state index is 0.234. The van der Waals surface area contributed by atoms with Gasteiger partial charge in [-0.3, -0.25) is 14.8 Å². The van der Waals surface area contributed by atoms with Crippen LogP contribution in [0.15, 0.2) is 36.7 Å². The van der Waals surface area contributed by atoms with Crippen LogP contribution in [0.4, 0.5) is 5.95 Å². The maximum Gasteiger partial charge on any atom is 0.261 e. The first-order valence-electron chi connectivity index (χ1n) is 7.87. The van der Waals surface area contributed by atoms with Crippen LogP contribution in [0, 0.1) is 13.8 Å². The van der Waals surface area contributed by atoms with Gasteiger partial charge in [0.2, 0.25) is 5.95 Å². The second-order valence-corrected chi connectivity index (χ2v) is 5.57.